The van der Waals surface area contributed by atoms with Gasteiger partial charge in [0, 0.05) is 21.6 Å². The number of hydrogen-bond acceptors (Lipinski definition) is 5. The summed E-state index contributed by atoms with van der Waals surface area (Å²) in [4.78, 5) is 18.9. The van der Waals surface area contributed by atoms with Crippen LogP contribution >= 0.6 is 11.3 Å². The highest BCUT2D eigenvalue weighted by atomic mass is 32.1. The Morgan fingerprint density at radius 1 is 1.50 bits per heavy atom. The SMILES string of the molecule is CC1(C)CCc2sc([C@H]3COC[C@H]3CON)c(C(=O)O)c2C1. The zero-order chi connectivity index (χ0) is 15.9. The van der Waals surface area contributed by atoms with Gasteiger partial charge in [-0.15, -0.1) is 11.3 Å². The van der Waals surface area contributed by atoms with Crippen molar-refractivity contribution >= 4 is 17.3 Å². The van der Waals surface area contributed by atoms with Gasteiger partial charge in [0.15, 0.2) is 0 Å². The number of aromatic carboxylic acids is 1. The van der Waals surface area contributed by atoms with Crippen molar-refractivity contribution in [1.82, 2.24) is 0 Å². The molecule has 0 amide bonds. The third-order valence-electron chi connectivity index (χ3n) is 4.86. The minimum atomic E-state index is -0.815. The van der Waals surface area contributed by atoms with Crippen molar-refractivity contribution < 1.29 is 19.5 Å². The van der Waals surface area contributed by atoms with E-state index in [9.17, 15) is 9.90 Å². The second kappa shape index (κ2) is 5.92. The maximum absolute atomic E-state index is 11.9. The number of aryl methyl sites for hydroxylation is 1. The van der Waals surface area contributed by atoms with E-state index in [1.54, 1.807) is 11.3 Å². The lowest BCUT2D eigenvalue weighted by Crippen LogP contribution is -2.23. The van der Waals surface area contributed by atoms with Gasteiger partial charge in [0.2, 0.25) is 0 Å². The zero-order valence-electron chi connectivity index (χ0n) is 13.1. The van der Waals surface area contributed by atoms with Gasteiger partial charge in [-0.25, -0.2) is 10.7 Å². The standard InChI is InChI=1S/C16H23NO4S/c1-16(2)4-3-12-10(5-16)13(15(18)19)14(22-12)11-8-20-6-9(11)7-21-17/h9,11H,3-8,17H2,1-2H3,(H,18,19)/t9-,11-/m0/s1. The molecule has 1 fully saturated rings. The van der Waals surface area contributed by atoms with Gasteiger partial charge in [0.05, 0.1) is 25.4 Å². The van der Waals surface area contributed by atoms with Gasteiger partial charge >= 0.3 is 5.97 Å². The Labute approximate surface area is 134 Å². The lowest BCUT2D eigenvalue weighted by molar-refractivity contribution is 0.0691. The lowest BCUT2D eigenvalue weighted by Gasteiger charge is -2.29. The van der Waals surface area contributed by atoms with Crippen LogP contribution in [0.3, 0.4) is 0 Å². The van der Waals surface area contributed by atoms with Gasteiger partial charge in [0.25, 0.3) is 0 Å². The molecular formula is C16H23NO4S. The summed E-state index contributed by atoms with van der Waals surface area (Å²) in [5.74, 6) is 4.61. The number of ether oxygens (including phenoxy) is 1. The van der Waals surface area contributed by atoms with Gasteiger partial charge in [-0.2, -0.15) is 0 Å². The molecule has 6 heteroatoms. The molecule has 2 atom stereocenters. The Hall–Kier alpha value is -0.950. The molecule has 1 aromatic heterocycles. The summed E-state index contributed by atoms with van der Waals surface area (Å²) < 4.78 is 5.56. The summed E-state index contributed by atoms with van der Waals surface area (Å²) in [5, 5.41) is 9.77. The maximum Gasteiger partial charge on any atom is 0.337 e. The molecule has 1 aliphatic heterocycles. The van der Waals surface area contributed by atoms with Crippen molar-refractivity contribution in [2.45, 2.75) is 39.0 Å². The van der Waals surface area contributed by atoms with Crippen molar-refractivity contribution in [2.24, 2.45) is 17.2 Å². The van der Waals surface area contributed by atoms with Crippen LogP contribution < -0.4 is 5.90 Å². The number of nitrogens with two attached hydrogens (primary N) is 1. The Kier molecular flexibility index (Phi) is 4.29. The second-order valence-corrected chi connectivity index (χ2v) is 8.26. The van der Waals surface area contributed by atoms with Gasteiger partial charge in [0.1, 0.15) is 0 Å². The molecule has 3 N–H and O–H groups in total. The summed E-state index contributed by atoms with van der Waals surface area (Å²) in [5.41, 5.74) is 1.73. The molecule has 1 aliphatic carbocycles. The minimum Gasteiger partial charge on any atom is -0.478 e. The van der Waals surface area contributed by atoms with Crippen LogP contribution in [0.5, 0.6) is 0 Å². The fraction of sp³-hybridized carbons (Fsp3) is 0.688. The average molecular weight is 325 g/mol. The van der Waals surface area contributed by atoms with E-state index in [0.717, 1.165) is 29.7 Å². The first-order chi connectivity index (χ1) is 10.4. The smallest absolute Gasteiger partial charge is 0.337 e. The first-order valence-electron chi connectivity index (χ1n) is 7.70. The molecule has 0 radical (unpaired) electrons. The monoisotopic (exact) mass is 325 g/mol. The molecular weight excluding hydrogens is 302 g/mol. The van der Waals surface area contributed by atoms with E-state index in [1.165, 1.54) is 4.88 Å². The maximum atomic E-state index is 11.9. The highest BCUT2D eigenvalue weighted by molar-refractivity contribution is 7.12. The molecule has 1 aromatic rings. The van der Waals surface area contributed by atoms with Gasteiger partial charge in [-0.05, 0) is 30.2 Å². The van der Waals surface area contributed by atoms with Gasteiger partial charge in [-0.1, -0.05) is 13.8 Å². The molecule has 1 saturated heterocycles. The molecule has 2 heterocycles. The number of carbonyl (C=O) groups is 1. The molecule has 22 heavy (non-hydrogen) atoms. The highest BCUT2D eigenvalue weighted by Crippen LogP contribution is 2.46. The Bertz CT molecular complexity index is 581. The van der Waals surface area contributed by atoms with Crippen molar-refractivity contribution in [3.63, 3.8) is 0 Å². The van der Waals surface area contributed by atoms with E-state index in [4.69, 9.17) is 15.5 Å². The summed E-state index contributed by atoms with van der Waals surface area (Å²) >= 11 is 1.66. The summed E-state index contributed by atoms with van der Waals surface area (Å²) in [6, 6.07) is 0. The molecule has 3 rings (SSSR count). The Morgan fingerprint density at radius 2 is 2.27 bits per heavy atom. The molecule has 0 saturated carbocycles. The predicted octanol–water partition coefficient (Wildman–Crippen LogP) is 2.58. The summed E-state index contributed by atoms with van der Waals surface area (Å²) in [6.45, 7) is 5.95. The van der Waals surface area contributed by atoms with E-state index in [1.807, 2.05) is 0 Å². The predicted molar refractivity (Wildman–Crippen MR) is 84.3 cm³/mol. The van der Waals surface area contributed by atoms with Crippen molar-refractivity contribution in [3.05, 3.63) is 20.9 Å². The number of carboxylic acids is 1. The number of thiophene rings is 1. The van der Waals surface area contributed by atoms with Crippen LogP contribution in [0.4, 0.5) is 0 Å². The van der Waals surface area contributed by atoms with Crippen LogP contribution in [0.1, 0.15) is 51.9 Å². The topological polar surface area (TPSA) is 81.8 Å². The number of rotatable bonds is 4. The van der Waals surface area contributed by atoms with E-state index in [-0.39, 0.29) is 17.3 Å². The largest absolute Gasteiger partial charge is 0.478 e. The Balaban J connectivity index is 2.02. The number of fused-ring (bicyclic) bond motifs is 1. The van der Waals surface area contributed by atoms with Gasteiger partial charge < -0.3 is 14.7 Å². The molecule has 2 aliphatic rings. The average Bonchev–Trinajstić information content (AvgIpc) is 3.01. The third kappa shape index (κ3) is 2.80. The third-order valence-corrected chi connectivity index (χ3v) is 6.29. The van der Waals surface area contributed by atoms with Gasteiger partial charge in [-0.3, -0.25) is 0 Å². The lowest BCUT2D eigenvalue weighted by atomic mass is 9.75. The van der Waals surface area contributed by atoms with Crippen molar-refractivity contribution in [2.75, 3.05) is 19.8 Å². The number of hydrogen-bond donors (Lipinski definition) is 2. The fourth-order valence-electron chi connectivity index (χ4n) is 3.61. The Morgan fingerprint density at radius 3 is 2.95 bits per heavy atom. The van der Waals surface area contributed by atoms with Crippen LogP contribution in [0.15, 0.2) is 0 Å². The summed E-state index contributed by atoms with van der Waals surface area (Å²) in [7, 11) is 0. The first-order valence-corrected chi connectivity index (χ1v) is 8.52. The van der Waals surface area contributed by atoms with E-state index in [0.29, 0.717) is 25.4 Å². The molecule has 5 nitrogen and oxygen atoms in total. The zero-order valence-corrected chi connectivity index (χ0v) is 13.9. The minimum absolute atomic E-state index is 0.0772. The number of carboxylic acid groups (broad SMARTS) is 1. The molecule has 0 bridgehead atoms. The van der Waals surface area contributed by atoms with Crippen LogP contribution in [-0.2, 0) is 22.4 Å². The van der Waals surface area contributed by atoms with Crippen LogP contribution in [0.25, 0.3) is 0 Å². The van der Waals surface area contributed by atoms with E-state index in [2.05, 4.69) is 13.8 Å². The normalized spacial score (nSPS) is 26.9. The fourth-order valence-corrected chi connectivity index (χ4v) is 5.10. The molecule has 0 unspecified atom stereocenters. The highest BCUT2D eigenvalue weighted by Gasteiger charge is 2.38. The van der Waals surface area contributed by atoms with Crippen LogP contribution in [0.2, 0.25) is 0 Å². The quantitative estimate of drug-likeness (QED) is 0.832. The van der Waals surface area contributed by atoms with Crippen molar-refractivity contribution in [1.29, 1.82) is 0 Å². The summed E-state index contributed by atoms with van der Waals surface area (Å²) in [6.07, 6.45) is 2.92. The van der Waals surface area contributed by atoms with Crippen LogP contribution in [-0.4, -0.2) is 30.9 Å². The second-order valence-electron chi connectivity index (χ2n) is 7.13. The van der Waals surface area contributed by atoms with Crippen LogP contribution in [0, 0.1) is 11.3 Å². The molecule has 122 valence electrons. The van der Waals surface area contributed by atoms with E-state index < -0.39 is 5.97 Å². The molecule has 0 spiro atoms. The van der Waals surface area contributed by atoms with E-state index >= 15 is 0 Å². The van der Waals surface area contributed by atoms with Crippen molar-refractivity contribution in [3.8, 4) is 0 Å². The first kappa shape index (κ1) is 15.9. The molecule has 0 aromatic carbocycles.